The van der Waals surface area contributed by atoms with Gasteiger partial charge in [-0.15, -0.1) is 0 Å². The summed E-state index contributed by atoms with van der Waals surface area (Å²) in [5.74, 6) is 0.936. The van der Waals surface area contributed by atoms with Crippen molar-refractivity contribution in [3.05, 3.63) is 60.1 Å². The number of hydrogen-bond donors (Lipinski definition) is 0. The van der Waals surface area contributed by atoms with Gasteiger partial charge in [-0.3, -0.25) is 0 Å². The number of furan rings is 1. The van der Waals surface area contributed by atoms with Crippen molar-refractivity contribution in [3.8, 4) is 0 Å². The number of rotatable bonds is 2. The molecule has 0 aliphatic heterocycles. The average molecular weight is 237 g/mol. The molecule has 1 aromatic carbocycles. The van der Waals surface area contributed by atoms with Gasteiger partial charge in [-0.1, -0.05) is 46.3 Å². The number of alkyl halides is 1. The fraction of sp³-hybridized carbons (Fsp3) is 0.0909. The molecule has 0 N–H and O–H groups in total. The van der Waals surface area contributed by atoms with Crippen LogP contribution in [0.15, 0.2) is 53.1 Å². The van der Waals surface area contributed by atoms with Crippen LogP contribution >= 0.6 is 15.9 Å². The second-order valence-electron chi connectivity index (χ2n) is 2.79. The maximum absolute atomic E-state index is 5.30. The molecule has 0 bridgehead atoms. The van der Waals surface area contributed by atoms with Crippen molar-refractivity contribution in [2.45, 2.75) is 4.83 Å². The maximum Gasteiger partial charge on any atom is 0.121 e. The first-order valence-corrected chi connectivity index (χ1v) is 5.02. The van der Waals surface area contributed by atoms with E-state index in [-0.39, 0.29) is 4.83 Å². The van der Waals surface area contributed by atoms with Gasteiger partial charge >= 0.3 is 0 Å². The molecule has 66 valence electrons. The van der Waals surface area contributed by atoms with E-state index in [4.69, 9.17) is 4.42 Å². The molecule has 0 radical (unpaired) electrons. The third-order valence-corrected chi connectivity index (χ3v) is 2.87. The van der Waals surface area contributed by atoms with Gasteiger partial charge in [-0.2, -0.15) is 0 Å². The molecule has 1 unspecified atom stereocenters. The Hall–Kier alpha value is -1.02. The summed E-state index contributed by atoms with van der Waals surface area (Å²) in [5, 5.41) is 0. The molecule has 2 heteroatoms. The van der Waals surface area contributed by atoms with E-state index in [1.54, 1.807) is 6.26 Å². The molecule has 1 aromatic heterocycles. The maximum atomic E-state index is 5.30. The molecule has 0 amide bonds. The van der Waals surface area contributed by atoms with Gasteiger partial charge in [0.05, 0.1) is 11.1 Å². The first-order chi connectivity index (χ1) is 6.38. The number of halogens is 1. The lowest BCUT2D eigenvalue weighted by Gasteiger charge is -2.05. The zero-order chi connectivity index (χ0) is 9.10. The monoisotopic (exact) mass is 236 g/mol. The molecule has 0 spiro atoms. The van der Waals surface area contributed by atoms with Crippen LogP contribution in [0.3, 0.4) is 0 Å². The topological polar surface area (TPSA) is 13.1 Å². The summed E-state index contributed by atoms with van der Waals surface area (Å²) in [6, 6.07) is 14.0. The van der Waals surface area contributed by atoms with E-state index < -0.39 is 0 Å². The smallest absolute Gasteiger partial charge is 0.121 e. The highest BCUT2D eigenvalue weighted by molar-refractivity contribution is 9.09. The fourth-order valence-electron chi connectivity index (χ4n) is 1.22. The van der Waals surface area contributed by atoms with Crippen molar-refractivity contribution in [2.24, 2.45) is 0 Å². The van der Waals surface area contributed by atoms with Crippen molar-refractivity contribution in [3.63, 3.8) is 0 Å². The van der Waals surface area contributed by atoms with Crippen molar-refractivity contribution in [2.75, 3.05) is 0 Å². The van der Waals surface area contributed by atoms with E-state index in [1.165, 1.54) is 5.56 Å². The molecule has 2 rings (SSSR count). The Labute approximate surface area is 85.5 Å². The van der Waals surface area contributed by atoms with E-state index in [2.05, 4.69) is 28.1 Å². The number of benzene rings is 1. The molecule has 0 fully saturated rings. The molecular weight excluding hydrogens is 228 g/mol. The Morgan fingerprint density at radius 2 is 1.77 bits per heavy atom. The molecule has 0 saturated heterocycles. The first-order valence-electron chi connectivity index (χ1n) is 4.10. The SMILES string of the molecule is BrC(c1ccccc1)c1ccco1. The molecule has 0 aliphatic carbocycles. The molecular formula is C11H9BrO. The molecule has 13 heavy (non-hydrogen) atoms. The number of hydrogen-bond acceptors (Lipinski definition) is 1. The van der Waals surface area contributed by atoms with Crippen LogP contribution in [0, 0.1) is 0 Å². The van der Waals surface area contributed by atoms with Gasteiger partial charge in [0.15, 0.2) is 0 Å². The summed E-state index contributed by atoms with van der Waals surface area (Å²) in [4.78, 5) is 0.156. The van der Waals surface area contributed by atoms with Crippen LogP contribution in [0.25, 0.3) is 0 Å². The summed E-state index contributed by atoms with van der Waals surface area (Å²) >= 11 is 3.58. The predicted octanol–water partition coefficient (Wildman–Crippen LogP) is 3.76. The van der Waals surface area contributed by atoms with Gasteiger partial charge in [-0.25, -0.2) is 0 Å². The van der Waals surface area contributed by atoms with Crippen LogP contribution in [0.5, 0.6) is 0 Å². The van der Waals surface area contributed by atoms with Crippen LogP contribution in [-0.4, -0.2) is 0 Å². The lowest BCUT2D eigenvalue weighted by molar-refractivity contribution is 0.519. The van der Waals surface area contributed by atoms with E-state index in [0.717, 1.165) is 5.76 Å². The minimum Gasteiger partial charge on any atom is -0.468 e. The third-order valence-electron chi connectivity index (χ3n) is 1.89. The summed E-state index contributed by atoms with van der Waals surface area (Å²) < 4.78 is 5.30. The Bertz CT molecular complexity index is 353. The van der Waals surface area contributed by atoms with Gasteiger partial charge < -0.3 is 4.42 Å². The molecule has 1 atom stereocenters. The van der Waals surface area contributed by atoms with Crippen LogP contribution in [-0.2, 0) is 0 Å². The predicted molar refractivity (Wildman–Crippen MR) is 55.9 cm³/mol. The molecule has 1 heterocycles. The third kappa shape index (κ3) is 1.83. The van der Waals surface area contributed by atoms with Crippen LogP contribution < -0.4 is 0 Å². The van der Waals surface area contributed by atoms with E-state index in [9.17, 15) is 0 Å². The first kappa shape index (κ1) is 8.57. The molecule has 2 aromatic rings. The van der Waals surface area contributed by atoms with Crippen LogP contribution in [0.2, 0.25) is 0 Å². The van der Waals surface area contributed by atoms with E-state index in [1.807, 2.05) is 30.3 Å². The van der Waals surface area contributed by atoms with Crippen molar-refractivity contribution < 1.29 is 4.42 Å². The highest BCUT2D eigenvalue weighted by atomic mass is 79.9. The standard InChI is InChI=1S/C11H9BrO/c12-11(10-7-4-8-13-10)9-5-2-1-3-6-9/h1-8,11H. The zero-order valence-electron chi connectivity index (χ0n) is 6.98. The fourth-order valence-corrected chi connectivity index (χ4v) is 1.79. The lowest BCUT2D eigenvalue weighted by Crippen LogP contribution is -1.88. The Kier molecular flexibility index (Phi) is 2.50. The van der Waals surface area contributed by atoms with E-state index in [0.29, 0.717) is 0 Å². The van der Waals surface area contributed by atoms with Crippen LogP contribution in [0.1, 0.15) is 16.2 Å². The lowest BCUT2D eigenvalue weighted by atomic mass is 10.1. The molecule has 0 aliphatic rings. The molecule has 0 saturated carbocycles. The van der Waals surface area contributed by atoms with Gasteiger partial charge in [0.25, 0.3) is 0 Å². The highest BCUT2D eigenvalue weighted by Crippen LogP contribution is 2.30. The largest absolute Gasteiger partial charge is 0.468 e. The minimum atomic E-state index is 0.156. The highest BCUT2D eigenvalue weighted by Gasteiger charge is 2.11. The Balaban J connectivity index is 2.29. The normalized spacial score (nSPS) is 12.7. The van der Waals surface area contributed by atoms with Crippen LogP contribution in [0.4, 0.5) is 0 Å². The van der Waals surface area contributed by atoms with Gasteiger partial charge in [0, 0.05) is 0 Å². The summed E-state index contributed by atoms with van der Waals surface area (Å²) in [6.07, 6.45) is 1.69. The van der Waals surface area contributed by atoms with Crippen molar-refractivity contribution in [1.29, 1.82) is 0 Å². The average Bonchev–Trinajstić information content (AvgIpc) is 2.71. The second-order valence-corrected chi connectivity index (χ2v) is 3.70. The van der Waals surface area contributed by atoms with Gasteiger partial charge in [0.1, 0.15) is 5.76 Å². The summed E-state index contributed by atoms with van der Waals surface area (Å²) in [7, 11) is 0. The second kappa shape index (κ2) is 3.79. The minimum absolute atomic E-state index is 0.156. The van der Waals surface area contributed by atoms with Crippen molar-refractivity contribution in [1.82, 2.24) is 0 Å². The molecule has 1 nitrogen and oxygen atoms in total. The van der Waals surface area contributed by atoms with Gasteiger partial charge in [0.2, 0.25) is 0 Å². The Morgan fingerprint density at radius 1 is 1.00 bits per heavy atom. The quantitative estimate of drug-likeness (QED) is 0.724. The summed E-state index contributed by atoms with van der Waals surface area (Å²) in [5.41, 5.74) is 1.21. The van der Waals surface area contributed by atoms with Crippen molar-refractivity contribution >= 4 is 15.9 Å². The van der Waals surface area contributed by atoms with Gasteiger partial charge in [-0.05, 0) is 17.7 Å². The Morgan fingerprint density at radius 3 is 2.38 bits per heavy atom. The zero-order valence-corrected chi connectivity index (χ0v) is 8.57. The van der Waals surface area contributed by atoms with E-state index >= 15 is 0 Å². The summed E-state index contributed by atoms with van der Waals surface area (Å²) in [6.45, 7) is 0.